The molecule has 1 aliphatic carbocycles. The largest absolute Gasteiger partial charge is 0.264 e. The monoisotopic (exact) mass is 594 g/mol. The van der Waals surface area contributed by atoms with Gasteiger partial charge in [0, 0.05) is 35.9 Å². The molecule has 0 aliphatic heterocycles. The summed E-state index contributed by atoms with van der Waals surface area (Å²) in [6, 6.07) is 38.7. The fourth-order valence-electron chi connectivity index (χ4n) is 7.67. The highest BCUT2D eigenvalue weighted by Gasteiger charge is 2.21. The summed E-state index contributed by atoms with van der Waals surface area (Å²) in [6.45, 7) is 4.31. The summed E-state index contributed by atoms with van der Waals surface area (Å²) in [4.78, 5) is 8.79. The SMILES string of the molecule is Cc1ccncc1-c1ccc(-c2c3ccccc3c(-c3ccc(-c4cnccc4C)cc3)c3cc(C4CCCCC4)ccc23)cc1. The highest BCUT2D eigenvalue weighted by molar-refractivity contribution is 6.21. The second kappa shape index (κ2) is 12.0. The molecule has 0 spiro atoms. The molecule has 0 bridgehead atoms. The molecule has 0 radical (unpaired) electrons. The van der Waals surface area contributed by atoms with Gasteiger partial charge in [0.15, 0.2) is 0 Å². The smallest absolute Gasteiger partial charge is 0.0349 e. The van der Waals surface area contributed by atoms with Crippen LogP contribution in [0.5, 0.6) is 0 Å². The van der Waals surface area contributed by atoms with E-state index in [4.69, 9.17) is 0 Å². The van der Waals surface area contributed by atoms with E-state index in [-0.39, 0.29) is 0 Å². The Bertz CT molecular complexity index is 2190. The first-order chi connectivity index (χ1) is 22.7. The van der Waals surface area contributed by atoms with E-state index < -0.39 is 0 Å². The van der Waals surface area contributed by atoms with Crippen LogP contribution in [0.2, 0.25) is 0 Å². The van der Waals surface area contributed by atoms with Crippen molar-refractivity contribution < 1.29 is 0 Å². The van der Waals surface area contributed by atoms with Crippen molar-refractivity contribution in [2.24, 2.45) is 0 Å². The van der Waals surface area contributed by atoms with Crippen molar-refractivity contribution in [3.8, 4) is 44.5 Å². The number of pyridine rings is 2. The summed E-state index contributed by atoms with van der Waals surface area (Å²) in [5.74, 6) is 0.638. The Balaban J connectivity index is 1.35. The van der Waals surface area contributed by atoms with Gasteiger partial charge in [0.05, 0.1) is 0 Å². The first kappa shape index (κ1) is 28.4. The minimum absolute atomic E-state index is 0.638. The third-order valence-corrected chi connectivity index (χ3v) is 10.2. The standard InChI is InChI=1S/C44H38N2/c1-29-22-24-45-27-41(29)32-12-16-34(17-13-32)43-37-10-6-7-11-38(37)44(35-18-14-33(15-19-35)42-28-46-25-23-30(42)2)40-26-36(20-21-39(40)43)31-8-4-3-5-9-31/h6-7,10-28,31H,3-5,8-9H2,1-2H3. The van der Waals surface area contributed by atoms with E-state index in [1.807, 2.05) is 24.8 Å². The van der Waals surface area contributed by atoms with Crippen LogP contribution in [0.1, 0.15) is 54.7 Å². The lowest BCUT2D eigenvalue weighted by molar-refractivity contribution is 0.444. The van der Waals surface area contributed by atoms with Crippen LogP contribution in [-0.4, -0.2) is 9.97 Å². The highest BCUT2D eigenvalue weighted by atomic mass is 14.6. The lowest BCUT2D eigenvalue weighted by Gasteiger charge is -2.24. The zero-order chi connectivity index (χ0) is 31.0. The van der Waals surface area contributed by atoms with Gasteiger partial charge in [-0.15, -0.1) is 0 Å². The highest BCUT2D eigenvalue weighted by Crippen LogP contribution is 2.46. The second-order valence-corrected chi connectivity index (χ2v) is 13.0. The molecule has 0 atom stereocenters. The summed E-state index contributed by atoms with van der Waals surface area (Å²) >= 11 is 0. The fourth-order valence-corrected chi connectivity index (χ4v) is 7.67. The summed E-state index contributed by atoms with van der Waals surface area (Å²) in [6.07, 6.45) is 14.3. The number of aryl methyl sites for hydroxylation is 2. The van der Waals surface area contributed by atoms with Gasteiger partial charge in [0.2, 0.25) is 0 Å². The number of nitrogens with zero attached hydrogens (tertiary/aromatic N) is 2. The molecule has 0 unspecified atom stereocenters. The van der Waals surface area contributed by atoms with E-state index in [1.54, 1.807) is 0 Å². The van der Waals surface area contributed by atoms with Gasteiger partial charge in [-0.3, -0.25) is 9.97 Å². The van der Waals surface area contributed by atoms with Crippen LogP contribution in [0.3, 0.4) is 0 Å². The molecule has 7 aromatic rings. The quantitative estimate of drug-likeness (QED) is 0.185. The molecule has 2 heterocycles. The molecule has 2 nitrogen and oxygen atoms in total. The van der Waals surface area contributed by atoms with Crippen molar-refractivity contribution in [1.29, 1.82) is 0 Å². The van der Waals surface area contributed by atoms with Crippen LogP contribution in [0, 0.1) is 13.8 Å². The van der Waals surface area contributed by atoms with Gasteiger partial charge in [-0.1, -0.05) is 110 Å². The predicted octanol–water partition coefficient (Wildman–Crippen LogP) is 12.1. The maximum Gasteiger partial charge on any atom is 0.0349 e. The molecule has 1 fully saturated rings. The van der Waals surface area contributed by atoms with E-state index in [0.717, 1.165) is 0 Å². The molecular weight excluding hydrogens is 556 g/mol. The molecule has 0 saturated heterocycles. The maximum atomic E-state index is 4.40. The Hall–Kier alpha value is -5.08. The molecule has 1 saturated carbocycles. The number of hydrogen-bond acceptors (Lipinski definition) is 2. The van der Waals surface area contributed by atoms with Crippen LogP contribution in [0.25, 0.3) is 66.1 Å². The van der Waals surface area contributed by atoms with E-state index in [9.17, 15) is 0 Å². The topological polar surface area (TPSA) is 25.8 Å². The first-order valence-electron chi connectivity index (χ1n) is 16.7. The zero-order valence-corrected chi connectivity index (χ0v) is 26.6. The molecule has 0 amide bonds. The molecule has 5 aromatic carbocycles. The lowest BCUT2D eigenvalue weighted by Crippen LogP contribution is -2.04. The molecule has 8 rings (SSSR count). The number of aromatic nitrogens is 2. The van der Waals surface area contributed by atoms with E-state index in [2.05, 4.69) is 127 Å². The van der Waals surface area contributed by atoms with Crippen molar-refractivity contribution in [3.05, 3.63) is 145 Å². The molecule has 46 heavy (non-hydrogen) atoms. The van der Waals surface area contributed by atoms with Gasteiger partial charge >= 0.3 is 0 Å². The van der Waals surface area contributed by atoms with E-state index in [1.165, 1.54) is 115 Å². The van der Waals surface area contributed by atoms with Gasteiger partial charge in [-0.2, -0.15) is 0 Å². The predicted molar refractivity (Wildman–Crippen MR) is 194 cm³/mol. The summed E-state index contributed by atoms with van der Waals surface area (Å²) in [7, 11) is 0. The molecule has 2 aromatic heterocycles. The maximum absolute atomic E-state index is 4.40. The van der Waals surface area contributed by atoms with Crippen LogP contribution in [0.15, 0.2) is 128 Å². The van der Waals surface area contributed by atoms with E-state index >= 15 is 0 Å². The number of hydrogen-bond donors (Lipinski definition) is 0. The van der Waals surface area contributed by atoms with Gasteiger partial charge < -0.3 is 0 Å². The number of benzene rings is 5. The fraction of sp³-hybridized carbons (Fsp3) is 0.182. The van der Waals surface area contributed by atoms with Crippen LogP contribution in [0.4, 0.5) is 0 Å². The van der Waals surface area contributed by atoms with Gasteiger partial charge in [-0.05, 0) is 116 Å². The Kier molecular flexibility index (Phi) is 7.42. The minimum atomic E-state index is 0.638. The summed E-state index contributed by atoms with van der Waals surface area (Å²) in [5, 5.41) is 5.23. The van der Waals surface area contributed by atoms with Crippen molar-refractivity contribution in [2.45, 2.75) is 51.9 Å². The summed E-state index contributed by atoms with van der Waals surface area (Å²) in [5.41, 5.74) is 13.9. The molecule has 0 N–H and O–H groups in total. The third-order valence-electron chi connectivity index (χ3n) is 10.2. The van der Waals surface area contributed by atoms with Crippen LogP contribution < -0.4 is 0 Å². The Labute approximate surface area is 271 Å². The molecule has 224 valence electrons. The molecular formula is C44H38N2. The molecule has 1 aliphatic rings. The average Bonchev–Trinajstić information content (AvgIpc) is 3.11. The average molecular weight is 595 g/mol. The number of rotatable bonds is 5. The van der Waals surface area contributed by atoms with Crippen LogP contribution >= 0.6 is 0 Å². The normalized spacial score (nSPS) is 13.8. The molecule has 2 heteroatoms. The van der Waals surface area contributed by atoms with Gasteiger partial charge in [0.1, 0.15) is 0 Å². The number of fused-ring (bicyclic) bond motifs is 2. The minimum Gasteiger partial charge on any atom is -0.264 e. The Morgan fingerprint density at radius 3 is 1.48 bits per heavy atom. The third kappa shape index (κ3) is 5.08. The van der Waals surface area contributed by atoms with Crippen molar-refractivity contribution in [2.75, 3.05) is 0 Å². The second-order valence-electron chi connectivity index (χ2n) is 13.0. The Morgan fingerprint density at radius 2 is 0.957 bits per heavy atom. The first-order valence-corrected chi connectivity index (χ1v) is 16.7. The van der Waals surface area contributed by atoms with Crippen molar-refractivity contribution in [1.82, 2.24) is 9.97 Å². The van der Waals surface area contributed by atoms with E-state index in [0.29, 0.717) is 5.92 Å². The lowest BCUT2D eigenvalue weighted by atomic mass is 9.80. The van der Waals surface area contributed by atoms with Crippen molar-refractivity contribution in [3.63, 3.8) is 0 Å². The Morgan fingerprint density at radius 1 is 0.478 bits per heavy atom. The van der Waals surface area contributed by atoms with Crippen LogP contribution in [-0.2, 0) is 0 Å². The van der Waals surface area contributed by atoms with Crippen molar-refractivity contribution >= 4 is 21.5 Å². The van der Waals surface area contributed by atoms with Gasteiger partial charge in [0.25, 0.3) is 0 Å². The zero-order valence-electron chi connectivity index (χ0n) is 26.6. The van der Waals surface area contributed by atoms with Gasteiger partial charge in [-0.25, -0.2) is 0 Å². The summed E-state index contributed by atoms with van der Waals surface area (Å²) < 4.78 is 0.